The third kappa shape index (κ3) is 3.99. The first-order chi connectivity index (χ1) is 10.2. The lowest BCUT2D eigenvalue weighted by Crippen LogP contribution is -2.14. The Bertz CT molecular complexity index is 609. The first-order valence-corrected chi connectivity index (χ1v) is 6.97. The molecule has 0 bridgehead atoms. The number of aromatic nitrogens is 1. The van der Waals surface area contributed by atoms with Gasteiger partial charge in [0.15, 0.2) is 0 Å². The summed E-state index contributed by atoms with van der Waals surface area (Å²) in [6.45, 7) is 7.29. The molecule has 0 N–H and O–H groups in total. The van der Waals surface area contributed by atoms with Crippen LogP contribution in [0.3, 0.4) is 0 Å². The second kappa shape index (κ2) is 7.33. The molecule has 0 atom stereocenters. The summed E-state index contributed by atoms with van der Waals surface area (Å²) in [5.41, 5.74) is 3.84. The van der Waals surface area contributed by atoms with Gasteiger partial charge in [0.05, 0.1) is 11.4 Å². The van der Waals surface area contributed by atoms with Crippen LogP contribution in [0.2, 0.25) is 0 Å². The summed E-state index contributed by atoms with van der Waals surface area (Å²) in [6.07, 6.45) is 11.7. The standard InChI is InChI=1S/C17H20N4/c1-4-20-17(14-5-9-19-10-6-14)13-16(18-2)15-7-11-21(3)12-8-15/h5-11,13H,2,4,12H2,1,3H3/b16-13-,20-17?. The summed E-state index contributed by atoms with van der Waals surface area (Å²) < 4.78 is 0. The number of nitrogens with zero attached hydrogens (tertiary/aromatic N) is 4. The Morgan fingerprint density at radius 1 is 1.43 bits per heavy atom. The molecule has 0 unspecified atom stereocenters. The summed E-state index contributed by atoms with van der Waals surface area (Å²) >= 11 is 0. The fourth-order valence-electron chi connectivity index (χ4n) is 2.03. The Labute approximate surface area is 126 Å². The number of aliphatic imine (C=N–C) groups is 2. The van der Waals surface area contributed by atoms with E-state index in [1.54, 1.807) is 12.4 Å². The molecular weight excluding hydrogens is 260 g/mol. The van der Waals surface area contributed by atoms with Crippen molar-refractivity contribution in [3.63, 3.8) is 0 Å². The van der Waals surface area contributed by atoms with Crippen LogP contribution in [0, 0.1) is 0 Å². The van der Waals surface area contributed by atoms with E-state index in [4.69, 9.17) is 0 Å². The van der Waals surface area contributed by atoms with E-state index in [9.17, 15) is 0 Å². The van der Waals surface area contributed by atoms with E-state index in [-0.39, 0.29) is 0 Å². The Balaban J connectivity index is 2.35. The zero-order chi connectivity index (χ0) is 15.1. The van der Waals surface area contributed by atoms with Crippen molar-refractivity contribution in [1.29, 1.82) is 0 Å². The second-order valence-electron chi connectivity index (χ2n) is 4.70. The Hall–Kier alpha value is -2.49. The normalized spacial score (nSPS) is 15.9. The second-order valence-corrected chi connectivity index (χ2v) is 4.70. The molecule has 0 fully saturated rings. The van der Waals surface area contributed by atoms with Crippen LogP contribution in [0.25, 0.3) is 0 Å². The first kappa shape index (κ1) is 14.9. The van der Waals surface area contributed by atoms with E-state index in [0.717, 1.165) is 35.6 Å². The van der Waals surface area contributed by atoms with E-state index in [1.165, 1.54) is 0 Å². The molecule has 4 nitrogen and oxygen atoms in total. The molecule has 108 valence electrons. The molecule has 0 aliphatic carbocycles. The molecule has 1 aromatic heterocycles. The molecule has 2 heterocycles. The summed E-state index contributed by atoms with van der Waals surface area (Å²) in [4.78, 5) is 14.9. The highest BCUT2D eigenvalue weighted by atomic mass is 15.1. The Morgan fingerprint density at radius 2 is 2.19 bits per heavy atom. The minimum atomic E-state index is 0.718. The van der Waals surface area contributed by atoms with Crippen LogP contribution in [-0.4, -0.2) is 42.5 Å². The van der Waals surface area contributed by atoms with Crippen LogP contribution in [0.5, 0.6) is 0 Å². The van der Waals surface area contributed by atoms with Gasteiger partial charge in [0.2, 0.25) is 0 Å². The van der Waals surface area contributed by atoms with Crippen molar-refractivity contribution < 1.29 is 0 Å². The number of allylic oxidation sites excluding steroid dienone is 2. The van der Waals surface area contributed by atoms with Gasteiger partial charge in [-0.05, 0) is 49.7 Å². The average molecular weight is 280 g/mol. The highest BCUT2D eigenvalue weighted by molar-refractivity contribution is 6.09. The van der Waals surface area contributed by atoms with Gasteiger partial charge in [-0.3, -0.25) is 15.0 Å². The number of hydrogen-bond donors (Lipinski definition) is 0. The largest absolute Gasteiger partial charge is 0.377 e. The van der Waals surface area contributed by atoms with Crippen LogP contribution >= 0.6 is 0 Å². The molecule has 4 heteroatoms. The third-order valence-corrected chi connectivity index (χ3v) is 3.15. The summed E-state index contributed by atoms with van der Waals surface area (Å²) in [5.74, 6) is 0. The number of rotatable bonds is 5. The molecule has 0 radical (unpaired) electrons. The molecule has 0 spiro atoms. The van der Waals surface area contributed by atoms with Crippen LogP contribution in [0.15, 0.2) is 70.2 Å². The van der Waals surface area contributed by atoms with Crippen molar-refractivity contribution in [2.24, 2.45) is 9.98 Å². The zero-order valence-electron chi connectivity index (χ0n) is 12.5. The smallest absolute Gasteiger partial charge is 0.0714 e. The minimum absolute atomic E-state index is 0.718. The van der Waals surface area contributed by atoms with Crippen molar-refractivity contribution >= 4 is 12.4 Å². The van der Waals surface area contributed by atoms with E-state index in [0.29, 0.717) is 0 Å². The summed E-state index contributed by atoms with van der Waals surface area (Å²) in [5, 5.41) is 0. The van der Waals surface area contributed by atoms with Crippen LogP contribution in [-0.2, 0) is 0 Å². The fraction of sp³-hybridized carbons (Fsp3) is 0.235. The van der Waals surface area contributed by atoms with Gasteiger partial charge in [-0.15, -0.1) is 0 Å². The lowest BCUT2D eigenvalue weighted by Gasteiger charge is -2.17. The molecular formula is C17H20N4. The monoisotopic (exact) mass is 280 g/mol. The van der Waals surface area contributed by atoms with Crippen LogP contribution in [0.1, 0.15) is 12.5 Å². The SMILES string of the molecule is C=N/C(=C\C(=NCC)c1ccncc1)C1=CCN(C)C=C1. The molecule has 0 aromatic carbocycles. The van der Waals surface area contributed by atoms with Gasteiger partial charge in [-0.2, -0.15) is 0 Å². The third-order valence-electron chi connectivity index (χ3n) is 3.15. The van der Waals surface area contributed by atoms with Crippen molar-refractivity contribution in [1.82, 2.24) is 9.88 Å². The van der Waals surface area contributed by atoms with Gasteiger partial charge < -0.3 is 4.90 Å². The van der Waals surface area contributed by atoms with Crippen LogP contribution in [0.4, 0.5) is 0 Å². The summed E-state index contributed by atoms with van der Waals surface area (Å²) in [6, 6.07) is 3.90. The number of likely N-dealkylation sites (N-methyl/N-ethyl adjacent to an activating group) is 1. The molecule has 2 rings (SSSR count). The van der Waals surface area contributed by atoms with Crippen molar-refractivity contribution in [2.75, 3.05) is 20.1 Å². The van der Waals surface area contributed by atoms with E-state index >= 15 is 0 Å². The number of hydrogen-bond acceptors (Lipinski definition) is 4. The van der Waals surface area contributed by atoms with E-state index < -0.39 is 0 Å². The lowest BCUT2D eigenvalue weighted by atomic mass is 10.1. The topological polar surface area (TPSA) is 40.9 Å². The molecule has 21 heavy (non-hydrogen) atoms. The van der Waals surface area contributed by atoms with Crippen molar-refractivity contribution in [2.45, 2.75) is 6.92 Å². The maximum atomic E-state index is 4.55. The predicted octanol–water partition coefficient (Wildman–Crippen LogP) is 2.86. The van der Waals surface area contributed by atoms with Gasteiger partial charge in [-0.25, -0.2) is 0 Å². The van der Waals surface area contributed by atoms with Crippen molar-refractivity contribution in [3.05, 3.63) is 65.8 Å². The molecule has 0 amide bonds. The van der Waals surface area contributed by atoms with Gasteiger partial charge >= 0.3 is 0 Å². The summed E-state index contributed by atoms with van der Waals surface area (Å²) in [7, 11) is 2.04. The predicted molar refractivity (Wildman–Crippen MR) is 88.8 cm³/mol. The lowest BCUT2D eigenvalue weighted by molar-refractivity contribution is 0.502. The van der Waals surface area contributed by atoms with Gasteiger partial charge in [0.1, 0.15) is 0 Å². The molecule has 1 aliphatic heterocycles. The van der Waals surface area contributed by atoms with Gasteiger partial charge in [0, 0.05) is 38.1 Å². The minimum Gasteiger partial charge on any atom is -0.377 e. The fourth-order valence-corrected chi connectivity index (χ4v) is 2.03. The van der Waals surface area contributed by atoms with E-state index in [1.807, 2.05) is 44.5 Å². The maximum Gasteiger partial charge on any atom is 0.0714 e. The average Bonchev–Trinajstić information content (AvgIpc) is 2.53. The highest BCUT2D eigenvalue weighted by Gasteiger charge is 2.08. The molecule has 0 saturated carbocycles. The molecule has 1 aliphatic rings. The Morgan fingerprint density at radius 3 is 2.76 bits per heavy atom. The van der Waals surface area contributed by atoms with Gasteiger partial charge in [0.25, 0.3) is 0 Å². The zero-order valence-corrected chi connectivity index (χ0v) is 12.5. The first-order valence-electron chi connectivity index (χ1n) is 6.97. The maximum absolute atomic E-state index is 4.55. The number of pyridine rings is 1. The highest BCUT2D eigenvalue weighted by Crippen LogP contribution is 2.18. The quantitative estimate of drug-likeness (QED) is 0.778. The molecule has 0 saturated heterocycles. The Kier molecular flexibility index (Phi) is 5.21. The molecule has 1 aromatic rings. The van der Waals surface area contributed by atoms with E-state index in [2.05, 4.69) is 32.7 Å². The van der Waals surface area contributed by atoms with Crippen LogP contribution < -0.4 is 0 Å². The van der Waals surface area contributed by atoms with Crippen molar-refractivity contribution in [3.8, 4) is 0 Å². The van der Waals surface area contributed by atoms with Gasteiger partial charge in [-0.1, -0.05) is 6.08 Å².